The van der Waals surface area contributed by atoms with Crippen molar-refractivity contribution in [3.8, 4) is 0 Å². The minimum Gasteiger partial charge on any atom is -0.465 e. The number of carbonyl (C=O) groups excluding carboxylic acids is 1. The molecular weight excluding hydrogens is 168 g/mol. The van der Waals surface area contributed by atoms with E-state index in [4.69, 9.17) is 4.42 Å². The fourth-order valence-corrected chi connectivity index (χ4v) is 1.22. The van der Waals surface area contributed by atoms with E-state index in [1.54, 1.807) is 12.1 Å². The molecule has 2 aromatic rings. The van der Waals surface area contributed by atoms with Crippen LogP contribution in [0, 0.1) is 6.26 Å². The average Bonchev–Trinajstić information content (AvgIpc) is 2.63. The van der Waals surface area contributed by atoms with Crippen molar-refractivity contribution in [2.75, 3.05) is 7.11 Å². The molecule has 1 aromatic carbocycles. The minimum absolute atomic E-state index is 0.361. The molecule has 0 bridgehead atoms. The lowest BCUT2D eigenvalue weighted by atomic mass is 10.1. The van der Waals surface area contributed by atoms with E-state index in [0.29, 0.717) is 5.56 Å². The Kier molecular flexibility index (Phi) is 1.77. The Balaban J connectivity index is 2.67. The fraction of sp³-hybridized carbons (Fsp3) is 0.100. The SMILES string of the molecule is COC(=O)c1cccc2[c]occ12. The largest absolute Gasteiger partial charge is 0.465 e. The molecule has 0 aliphatic carbocycles. The van der Waals surface area contributed by atoms with E-state index in [1.165, 1.54) is 13.4 Å². The van der Waals surface area contributed by atoms with E-state index in [2.05, 4.69) is 11.0 Å². The van der Waals surface area contributed by atoms with Crippen molar-refractivity contribution in [2.24, 2.45) is 0 Å². The highest BCUT2D eigenvalue weighted by Crippen LogP contribution is 2.19. The maximum Gasteiger partial charge on any atom is 0.338 e. The van der Waals surface area contributed by atoms with Gasteiger partial charge in [0.15, 0.2) is 6.26 Å². The molecule has 0 fully saturated rings. The Bertz CT molecular complexity index is 442. The molecule has 2 rings (SSSR count). The number of carbonyl (C=O) groups is 1. The fourth-order valence-electron chi connectivity index (χ4n) is 1.22. The summed E-state index contributed by atoms with van der Waals surface area (Å²) in [6.07, 6.45) is 4.14. The van der Waals surface area contributed by atoms with Crippen LogP contribution >= 0.6 is 0 Å². The molecule has 0 spiro atoms. The first-order valence-corrected chi connectivity index (χ1v) is 3.79. The number of methoxy groups -OCH3 is 1. The number of esters is 1. The molecule has 0 saturated heterocycles. The van der Waals surface area contributed by atoms with Crippen molar-refractivity contribution < 1.29 is 13.9 Å². The third-order valence-corrected chi connectivity index (χ3v) is 1.86. The van der Waals surface area contributed by atoms with Crippen LogP contribution in [0.15, 0.2) is 28.9 Å². The van der Waals surface area contributed by atoms with Gasteiger partial charge in [-0.3, -0.25) is 0 Å². The summed E-state index contributed by atoms with van der Waals surface area (Å²) in [7, 11) is 1.35. The van der Waals surface area contributed by atoms with Crippen molar-refractivity contribution in [2.45, 2.75) is 0 Å². The van der Waals surface area contributed by atoms with E-state index < -0.39 is 0 Å². The van der Waals surface area contributed by atoms with Gasteiger partial charge in [-0.1, -0.05) is 12.1 Å². The highest BCUT2D eigenvalue weighted by Gasteiger charge is 2.10. The second-order valence-corrected chi connectivity index (χ2v) is 2.60. The summed E-state index contributed by atoms with van der Waals surface area (Å²) in [5.74, 6) is -0.361. The molecule has 1 radical (unpaired) electrons. The van der Waals surface area contributed by atoms with Crippen molar-refractivity contribution in [3.05, 3.63) is 36.3 Å². The lowest BCUT2D eigenvalue weighted by Crippen LogP contribution is -2.00. The van der Waals surface area contributed by atoms with Crippen LogP contribution in [-0.4, -0.2) is 13.1 Å². The van der Waals surface area contributed by atoms with Crippen LogP contribution in [0.2, 0.25) is 0 Å². The van der Waals surface area contributed by atoms with Gasteiger partial charge in [-0.2, -0.15) is 0 Å². The van der Waals surface area contributed by atoms with Gasteiger partial charge < -0.3 is 9.15 Å². The quantitative estimate of drug-likeness (QED) is 0.622. The maximum atomic E-state index is 11.2. The monoisotopic (exact) mass is 175 g/mol. The maximum absolute atomic E-state index is 11.2. The van der Waals surface area contributed by atoms with Gasteiger partial charge in [0.05, 0.1) is 12.7 Å². The Morgan fingerprint density at radius 1 is 1.54 bits per heavy atom. The number of fused-ring (bicyclic) bond motifs is 1. The first-order valence-electron chi connectivity index (χ1n) is 3.79. The van der Waals surface area contributed by atoms with Gasteiger partial charge in [0.2, 0.25) is 0 Å². The molecule has 0 saturated carbocycles. The Morgan fingerprint density at radius 2 is 2.38 bits per heavy atom. The molecule has 65 valence electrons. The highest BCUT2D eigenvalue weighted by atomic mass is 16.5. The zero-order valence-electron chi connectivity index (χ0n) is 7.03. The highest BCUT2D eigenvalue weighted by molar-refractivity contribution is 6.03. The molecule has 13 heavy (non-hydrogen) atoms. The molecule has 0 unspecified atom stereocenters. The van der Waals surface area contributed by atoms with E-state index in [0.717, 1.165) is 10.8 Å². The van der Waals surface area contributed by atoms with Gasteiger partial charge in [-0.15, -0.1) is 0 Å². The van der Waals surface area contributed by atoms with Crippen molar-refractivity contribution in [1.82, 2.24) is 0 Å². The summed E-state index contributed by atoms with van der Waals surface area (Å²) in [4.78, 5) is 11.2. The van der Waals surface area contributed by atoms with Crippen LogP contribution in [-0.2, 0) is 4.74 Å². The second kappa shape index (κ2) is 2.94. The predicted octanol–water partition coefficient (Wildman–Crippen LogP) is 2.02. The van der Waals surface area contributed by atoms with Gasteiger partial charge in [0.1, 0.15) is 6.26 Å². The van der Waals surface area contributed by atoms with Gasteiger partial charge in [-0.25, -0.2) is 4.79 Å². The van der Waals surface area contributed by atoms with Crippen molar-refractivity contribution in [3.63, 3.8) is 0 Å². The summed E-state index contributed by atoms with van der Waals surface area (Å²) >= 11 is 0. The summed E-state index contributed by atoms with van der Waals surface area (Å²) in [6.45, 7) is 0. The number of hydrogen-bond donors (Lipinski definition) is 0. The number of hydrogen-bond acceptors (Lipinski definition) is 3. The second-order valence-electron chi connectivity index (χ2n) is 2.60. The smallest absolute Gasteiger partial charge is 0.338 e. The third kappa shape index (κ3) is 1.18. The first-order chi connectivity index (χ1) is 6.33. The minimum atomic E-state index is -0.361. The molecule has 1 heterocycles. The summed E-state index contributed by atoms with van der Waals surface area (Å²) in [5, 5.41) is 1.51. The Morgan fingerprint density at radius 3 is 3.15 bits per heavy atom. The van der Waals surface area contributed by atoms with E-state index in [1.807, 2.05) is 6.07 Å². The number of furan rings is 1. The first kappa shape index (κ1) is 7.86. The molecular formula is C10H7O3. The topological polar surface area (TPSA) is 39.4 Å². The zero-order valence-corrected chi connectivity index (χ0v) is 7.03. The molecule has 0 atom stereocenters. The Labute approximate surface area is 74.9 Å². The molecule has 1 aromatic heterocycles. The van der Waals surface area contributed by atoms with Gasteiger partial charge in [-0.05, 0) is 6.07 Å². The Hall–Kier alpha value is -1.77. The third-order valence-electron chi connectivity index (χ3n) is 1.86. The van der Waals surface area contributed by atoms with Crippen LogP contribution in [0.1, 0.15) is 10.4 Å². The van der Waals surface area contributed by atoms with E-state index in [-0.39, 0.29) is 5.97 Å². The van der Waals surface area contributed by atoms with Crippen LogP contribution < -0.4 is 0 Å². The predicted molar refractivity (Wildman–Crippen MR) is 46.4 cm³/mol. The summed E-state index contributed by atoms with van der Waals surface area (Å²) < 4.78 is 9.49. The van der Waals surface area contributed by atoms with Gasteiger partial charge >= 0.3 is 5.97 Å². The molecule has 3 heteroatoms. The molecule has 0 amide bonds. The average molecular weight is 175 g/mol. The van der Waals surface area contributed by atoms with Crippen LogP contribution in [0.25, 0.3) is 10.8 Å². The molecule has 0 aliphatic rings. The van der Waals surface area contributed by atoms with Gasteiger partial charge in [0, 0.05) is 10.8 Å². The lowest BCUT2D eigenvalue weighted by Gasteiger charge is -1.98. The van der Waals surface area contributed by atoms with Crippen molar-refractivity contribution >= 4 is 16.7 Å². The standard InChI is InChI=1S/C10H7O3/c1-12-10(11)8-4-2-3-7-5-13-6-9(7)8/h2-4,6H,1H3. The number of ether oxygens (including phenoxy) is 1. The molecule has 0 aliphatic heterocycles. The summed E-state index contributed by atoms with van der Waals surface area (Å²) in [5.41, 5.74) is 0.505. The normalized spacial score (nSPS) is 10.2. The van der Waals surface area contributed by atoms with Gasteiger partial charge in [0.25, 0.3) is 0 Å². The zero-order chi connectivity index (χ0) is 9.26. The summed E-state index contributed by atoms with van der Waals surface area (Å²) in [6, 6.07) is 5.28. The van der Waals surface area contributed by atoms with Crippen LogP contribution in [0.3, 0.4) is 0 Å². The number of rotatable bonds is 1. The van der Waals surface area contributed by atoms with E-state index in [9.17, 15) is 4.79 Å². The van der Waals surface area contributed by atoms with Crippen molar-refractivity contribution in [1.29, 1.82) is 0 Å². The van der Waals surface area contributed by atoms with Crippen LogP contribution in [0.5, 0.6) is 0 Å². The van der Waals surface area contributed by atoms with E-state index >= 15 is 0 Å². The van der Waals surface area contributed by atoms with Crippen LogP contribution in [0.4, 0.5) is 0 Å². The molecule has 3 nitrogen and oxygen atoms in total. The lowest BCUT2D eigenvalue weighted by molar-refractivity contribution is 0.0603. The number of benzene rings is 1. The molecule has 0 N–H and O–H groups in total.